The second-order valence-corrected chi connectivity index (χ2v) is 13.1. The zero-order valence-corrected chi connectivity index (χ0v) is 26.1. The van der Waals surface area contributed by atoms with E-state index in [2.05, 4.69) is 11.7 Å². The smallest absolute Gasteiger partial charge is 0.432 e. The van der Waals surface area contributed by atoms with Crippen LogP contribution < -0.4 is 9.47 Å². The molecule has 0 atom stereocenters. The maximum atomic E-state index is 15.3. The Kier molecular flexibility index (Phi) is 11.4. The summed E-state index contributed by atoms with van der Waals surface area (Å²) >= 11 is 0. The van der Waals surface area contributed by atoms with Gasteiger partial charge >= 0.3 is 12.5 Å². The monoisotopic (exact) mass is 660 g/mol. The maximum Gasteiger partial charge on any atom is 0.573 e. The molecule has 1 heterocycles. The quantitative estimate of drug-likeness (QED) is 0.178. The van der Waals surface area contributed by atoms with Gasteiger partial charge in [0.15, 0.2) is 17.9 Å². The first-order valence-corrected chi connectivity index (χ1v) is 16.6. The third-order valence-electron chi connectivity index (χ3n) is 9.94. The van der Waals surface area contributed by atoms with Gasteiger partial charge in [0.2, 0.25) is 0 Å². The van der Waals surface area contributed by atoms with Crippen molar-refractivity contribution in [3.8, 4) is 11.5 Å². The molecule has 11 heteroatoms. The van der Waals surface area contributed by atoms with Crippen molar-refractivity contribution < 1.29 is 49.7 Å². The molecule has 0 spiro atoms. The molecular formula is C35H43F7O4. The lowest BCUT2D eigenvalue weighted by Crippen LogP contribution is -2.41. The number of benzene rings is 2. The van der Waals surface area contributed by atoms with E-state index in [0.29, 0.717) is 36.5 Å². The molecule has 0 aromatic heterocycles. The number of ether oxygens (including phenoxy) is 4. The van der Waals surface area contributed by atoms with Crippen LogP contribution in [0.2, 0.25) is 0 Å². The van der Waals surface area contributed by atoms with Gasteiger partial charge in [-0.1, -0.05) is 44.7 Å². The third kappa shape index (κ3) is 9.08. The molecule has 2 aliphatic carbocycles. The van der Waals surface area contributed by atoms with Crippen LogP contribution in [0.5, 0.6) is 11.5 Å². The van der Waals surface area contributed by atoms with Crippen molar-refractivity contribution in [2.24, 2.45) is 17.8 Å². The van der Waals surface area contributed by atoms with Crippen LogP contribution in [0.25, 0.3) is 0 Å². The van der Waals surface area contributed by atoms with Gasteiger partial charge in [0.1, 0.15) is 11.6 Å². The first-order chi connectivity index (χ1) is 21.9. The summed E-state index contributed by atoms with van der Waals surface area (Å²) in [6.07, 6.45) is 1.25. The molecule has 0 N–H and O–H groups in total. The van der Waals surface area contributed by atoms with Gasteiger partial charge < -0.3 is 18.9 Å². The first-order valence-electron chi connectivity index (χ1n) is 16.6. The second kappa shape index (κ2) is 15.1. The average Bonchev–Trinajstić information content (AvgIpc) is 3.02. The zero-order chi connectivity index (χ0) is 32.9. The van der Waals surface area contributed by atoms with Crippen molar-refractivity contribution in [1.82, 2.24) is 0 Å². The van der Waals surface area contributed by atoms with E-state index in [1.807, 2.05) is 12.1 Å². The molecule has 256 valence electrons. The summed E-state index contributed by atoms with van der Waals surface area (Å²) in [5, 5.41) is 0. The predicted octanol–water partition coefficient (Wildman–Crippen LogP) is 10.7. The molecule has 0 radical (unpaired) electrons. The highest BCUT2D eigenvalue weighted by molar-refractivity contribution is 5.33. The maximum absolute atomic E-state index is 15.3. The fourth-order valence-electron chi connectivity index (χ4n) is 7.29. The summed E-state index contributed by atoms with van der Waals surface area (Å²) in [5.74, 6) is -3.85. The minimum absolute atomic E-state index is 0.0822. The van der Waals surface area contributed by atoms with Gasteiger partial charge in [0.05, 0.1) is 19.1 Å². The number of unbranched alkanes of at least 4 members (excludes halogenated alkanes) is 2. The van der Waals surface area contributed by atoms with Crippen molar-refractivity contribution in [3.63, 3.8) is 0 Å². The lowest BCUT2D eigenvalue weighted by Gasteiger charge is -2.39. The van der Waals surface area contributed by atoms with E-state index in [1.54, 1.807) is 6.07 Å². The van der Waals surface area contributed by atoms with Gasteiger partial charge in [0, 0.05) is 17.9 Å². The Morgan fingerprint density at radius 1 is 0.739 bits per heavy atom. The highest BCUT2D eigenvalue weighted by Gasteiger charge is 2.46. The molecule has 2 aromatic carbocycles. The minimum atomic E-state index is -5.12. The summed E-state index contributed by atoms with van der Waals surface area (Å²) in [7, 11) is 0. The highest BCUT2D eigenvalue weighted by atomic mass is 19.4. The SMILES string of the molecule is CCCCCC1CCC(c2ccc(C3COC(C4CCC(C(F)(F)Oc5ccc(OC(F)(F)F)c(F)c5)CC4)OC3)c(F)c2)CC1. The van der Waals surface area contributed by atoms with Crippen molar-refractivity contribution in [2.75, 3.05) is 13.2 Å². The lowest BCUT2D eigenvalue weighted by atomic mass is 9.76. The fraction of sp³-hybridized carbons (Fsp3) is 0.657. The molecule has 3 fully saturated rings. The standard InChI is InChI=1S/C35H43F7O4/c1-2-3-4-5-22-6-8-23(9-7-22)25-12-16-29(30(36)18-25)26-20-43-33(44-21-26)24-10-13-27(14-11-24)34(38,39)45-28-15-17-32(31(37)19-28)46-35(40,41)42/h12,15-19,22-24,26-27,33H,2-11,13-14,20-21H2,1H3. The van der Waals surface area contributed by atoms with Crippen LogP contribution in [0, 0.1) is 29.4 Å². The molecule has 0 bridgehead atoms. The number of hydrogen-bond donors (Lipinski definition) is 0. The van der Waals surface area contributed by atoms with Crippen LogP contribution in [0.1, 0.15) is 107 Å². The van der Waals surface area contributed by atoms with Gasteiger partial charge in [-0.25, -0.2) is 8.78 Å². The largest absolute Gasteiger partial charge is 0.573 e. The van der Waals surface area contributed by atoms with Crippen molar-refractivity contribution >= 4 is 0 Å². The Morgan fingerprint density at radius 3 is 2.04 bits per heavy atom. The van der Waals surface area contributed by atoms with Gasteiger partial charge in [-0.05, 0) is 92.5 Å². The number of hydrogen-bond acceptors (Lipinski definition) is 4. The summed E-state index contributed by atoms with van der Waals surface area (Å²) < 4.78 is 116. The average molecular weight is 661 g/mol. The van der Waals surface area contributed by atoms with Gasteiger partial charge in [-0.15, -0.1) is 13.2 Å². The number of halogens is 7. The molecule has 2 aromatic rings. The van der Waals surface area contributed by atoms with Crippen LogP contribution >= 0.6 is 0 Å². The Balaban J connectivity index is 1.06. The summed E-state index contributed by atoms with van der Waals surface area (Å²) in [6.45, 7) is 2.76. The molecule has 1 saturated heterocycles. The molecule has 1 aliphatic heterocycles. The molecule has 2 saturated carbocycles. The fourth-order valence-corrected chi connectivity index (χ4v) is 7.29. The molecule has 3 aliphatic rings. The van der Waals surface area contributed by atoms with Crippen LogP contribution in [0.15, 0.2) is 36.4 Å². The van der Waals surface area contributed by atoms with Crippen molar-refractivity contribution in [3.05, 3.63) is 59.2 Å². The van der Waals surface area contributed by atoms with E-state index >= 15 is 4.39 Å². The third-order valence-corrected chi connectivity index (χ3v) is 9.94. The Labute approximate surface area is 265 Å². The van der Waals surface area contributed by atoms with Crippen molar-refractivity contribution in [1.29, 1.82) is 0 Å². The van der Waals surface area contributed by atoms with E-state index in [1.165, 1.54) is 38.5 Å². The van der Waals surface area contributed by atoms with E-state index in [0.717, 1.165) is 30.4 Å². The van der Waals surface area contributed by atoms with E-state index < -0.39 is 42.0 Å². The number of alkyl halides is 5. The van der Waals surface area contributed by atoms with Crippen LogP contribution in [0.3, 0.4) is 0 Å². The summed E-state index contributed by atoms with van der Waals surface area (Å²) in [4.78, 5) is 0. The molecule has 0 unspecified atom stereocenters. The highest BCUT2D eigenvalue weighted by Crippen LogP contribution is 2.43. The van der Waals surface area contributed by atoms with Crippen molar-refractivity contribution in [2.45, 2.75) is 115 Å². The molecule has 0 amide bonds. The lowest BCUT2D eigenvalue weighted by molar-refractivity contribution is -0.275. The Hall–Kier alpha value is -2.53. The van der Waals surface area contributed by atoms with Gasteiger partial charge in [-0.3, -0.25) is 0 Å². The van der Waals surface area contributed by atoms with E-state index in [9.17, 15) is 26.3 Å². The van der Waals surface area contributed by atoms with Crippen LogP contribution in [-0.2, 0) is 9.47 Å². The second-order valence-electron chi connectivity index (χ2n) is 13.1. The summed E-state index contributed by atoms with van der Waals surface area (Å²) in [6, 6.07) is 7.41. The normalized spacial score (nSPS) is 27.7. The molecule has 46 heavy (non-hydrogen) atoms. The minimum Gasteiger partial charge on any atom is -0.432 e. The summed E-state index contributed by atoms with van der Waals surface area (Å²) in [5.41, 5.74) is 1.62. The predicted molar refractivity (Wildman–Crippen MR) is 158 cm³/mol. The molecule has 5 rings (SSSR count). The first kappa shape index (κ1) is 34.8. The van der Waals surface area contributed by atoms with Crippen LogP contribution in [-0.4, -0.2) is 32.0 Å². The molecule has 4 nitrogen and oxygen atoms in total. The number of rotatable bonds is 11. The van der Waals surface area contributed by atoms with Crippen LogP contribution in [0.4, 0.5) is 30.7 Å². The Morgan fingerprint density at radius 2 is 1.43 bits per heavy atom. The van der Waals surface area contributed by atoms with E-state index in [-0.39, 0.29) is 43.7 Å². The zero-order valence-electron chi connectivity index (χ0n) is 26.1. The van der Waals surface area contributed by atoms with E-state index in [4.69, 9.17) is 14.2 Å². The Bertz CT molecular complexity index is 1260. The topological polar surface area (TPSA) is 36.9 Å². The van der Waals surface area contributed by atoms with Gasteiger partial charge in [-0.2, -0.15) is 8.78 Å². The van der Waals surface area contributed by atoms with Gasteiger partial charge in [0.25, 0.3) is 0 Å². The molecular weight excluding hydrogens is 617 g/mol.